The minimum atomic E-state index is -4.66. The monoisotopic (exact) mass is 518 g/mol. The van der Waals surface area contributed by atoms with E-state index >= 15 is 0 Å². The molecule has 1 spiro atoms. The van der Waals surface area contributed by atoms with E-state index in [2.05, 4.69) is 22.2 Å². The molecule has 3 aliphatic rings. The molecule has 3 atom stereocenters. The molecule has 2 N–H and O–H groups in total. The highest BCUT2D eigenvalue weighted by Crippen LogP contribution is 2.57. The number of allylic oxidation sites excluding steroid dienone is 1. The number of aromatic nitrogens is 1. The normalized spacial score (nSPS) is 25.3. The van der Waals surface area contributed by atoms with Crippen LogP contribution in [0.4, 0.5) is 23.2 Å². The summed E-state index contributed by atoms with van der Waals surface area (Å²) in [7, 11) is 1.85. The van der Waals surface area contributed by atoms with Crippen LogP contribution < -0.4 is 10.6 Å². The highest BCUT2D eigenvalue weighted by molar-refractivity contribution is 6.00. The van der Waals surface area contributed by atoms with Gasteiger partial charge >= 0.3 is 6.18 Å². The second kappa shape index (κ2) is 9.72. The molecule has 2 aromatic rings. The Morgan fingerprint density at radius 1 is 1.32 bits per heavy atom. The number of nitrogens with zero attached hydrogens (tertiary/aromatic N) is 2. The standard InChI is InChI=1S/C27H30F4N4O2/c1-16(27(29,30)31)24-18-6-3-7-22(34-23-8-10-35(2)13-21(23)28)19(18)11-17(33-24)5-4-9-32-25(36)20-12-26(20)14-37-15-26/h3-7,11,20-21,23,34H,1,8-10,12-15H2,2H3,(H,32,36)/b5-4+/t20?,21-,23+/m0/s1. The number of anilines is 1. The number of amides is 1. The second-order valence-electron chi connectivity index (χ2n) is 10.3. The molecule has 6 nitrogen and oxygen atoms in total. The molecule has 2 aliphatic heterocycles. The van der Waals surface area contributed by atoms with Gasteiger partial charge in [-0.3, -0.25) is 4.79 Å². The maximum absolute atomic E-state index is 14.7. The summed E-state index contributed by atoms with van der Waals surface area (Å²) in [6.07, 6.45) is -1.15. The van der Waals surface area contributed by atoms with Crippen molar-refractivity contribution >= 4 is 34.0 Å². The number of piperidine rings is 1. The Morgan fingerprint density at radius 2 is 2.11 bits per heavy atom. The summed E-state index contributed by atoms with van der Waals surface area (Å²) < 4.78 is 60.8. The molecule has 0 radical (unpaired) electrons. The van der Waals surface area contributed by atoms with Gasteiger partial charge in [-0.25, -0.2) is 9.37 Å². The molecular formula is C27H30F4N4O2. The van der Waals surface area contributed by atoms with Gasteiger partial charge in [0.05, 0.1) is 36.2 Å². The van der Waals surface area contributed by atoms with Crippen molar-refractivity contribution in [3.05, 3.63) is 48.3 Å². The van der Waals surface area contributed by atoms with E-state index in [9.17, 15) is 22.4 Å². The molecule has 10 heteroatoms. The highest BCUT2D eigenvalue weighted by atomic mass is 19.4. The summed E-state index contributed by atoms with van der Waals surface area (Å²) in [5.74, 6) is -0.0846. The van der Waals surface area contributed by atoms with Crippen LogP contribution in [-0.4, -0.2) is 74.1 Å². The van der Waals surface area contributed by atoms with Gasteiger partial charge < -0.3 is 20.3 Å². The lowest BCUT2D eigenvalue weighted by molar-refractivity contribution is -0.127. The Balaban J connectivity index is 1.39. The second-order valence-corrected chi connectivity index (χ2v) is 10.3. The van der Waals surface area contributed by atoms with Crippen molar-refractivity contribution in [2.24, 2.45) is 11.3 Å². The van der Waals surface area contributed by atoms with Gasteiger partial charge in [-0.05, 0) is 38.1 Å². The molecule has 198 valence electrons. The van der Waals surface area contributed by atoms with Crippen LogP contribution in [0.25, 0.3) is 22.4 Å². The van der Waals surface area contributed by atoms with Crippen molar-refractivity contribution in [3.63, 3.8) is 0 Å². The van der Waals surface area contributed by atoms with Gasteiger partial charge in [0.1, 0.15) is 6.17 Å². The molecular weight excluding hydrogens is 488 g/mol. The Kier molecular flexibility index (Phi) is 6.74. The number of ether oxygens (including phenoxy) is 1. The molecule has 1 aromatic heterocycles. The number of halogens is 4. The van der Waals surface area contributed by atoms with Crippen LogP contribution in [-0.2, 0) is 9.53 Å². The first-order valence-electron chi connectivity index (χ1n) is 12.4. The van der Waals surface area contributed by atoms with Crippen LogP contribution >= 0.6 is 0 Å². The lowest BCUT2D eigenvalue weighted by Gasteiger charge is -2.33. The van der Waals surface area contributed by atoms with Crippen LogP contribution in [0, 0.1) is 11.3 Å². The number of likely N-dealkylation sites (tertiary alicyclic amines) is 1. The quantitative estimate of drug-likeness (QED) is 0.531. The van der Waals surface area contributed by atoms with Gasteiger partial charge in [0.2, 0.25) is 5.91 Å². The number of alkyl halides is 4. The van der Waals surface area contributed by atoms with Gasteiger partial charge in [0.25, 0.3) is 0 Å². The largest absolute Gasteiger partial charge is 0.417 e. The lowest BCUT2D eigenvalue weighted by atomic mass is 9.99. The van der Waals surface area contributed by atoms with Crippen LogP contribution in [0.15, 0.2) is 36.9 Å². The molecule has 5 rings (SSSR count). The third-order valence-electron chi connectivity index (χ3n) is 7.58. The predicted molar refractivity (Wildman–Crippen MR) is 135 cm³/mol. The smallest absolute Gasteiger partial charge is 0.380 e. The molecule has 1 aliphatic carbocycles. The predicted octanol–water partition coefficient (Wildman–Crippen LogP) is 4.43. The third-order valence-corrected chi connectivity index (χ3v) is 7.58. The zero-order valence-electron chi connectivity index (χ0n) is 20.6. The zero-order chi connectivity index (χ0) is 26.4. The van der Waals surface area contributed by atoms with E-state index in [4.69, 9.17) is 4.74 Å². The lowest BCUT2D eigenvalue weighted by Crippen LogP contribution is -2.46. The van der Waals surface area contributed by atoms with Gasteiger partial charge in [-0.1, -0.05) is 24.8 Å². The van der Waals surface area contributed by atoms with Crippen LogP contribution in [0.3, 0.4) is 0 Å². The van der Waals surface area contributed by atoms with Gasteiger partial charge in [0.15, 0.2) is 0 Å². The molecule has 1 amide bonds. The average Bonchev–Trinajstić information content (AvgIpc) is 3.59. The fraction of sp³-hybridized carbons (Fsp3) is 0.481. The number of hydrogen-bond acceptors (Lipinski definition) is 5. The minimum Gasteiger partial charge on any atom is -0.380 e. The van der Waals surface area contributed by atoms with E-state index in [0.29, 0.717) is 30.7 Å². The van der Waals surface area contributed by atoms with Crippen molar-refractivity contribution in [1.29, 1.82) is 0 Å². The molecule has 1 saturated carbocycles. The summed E-state index contributed by atoms with van der Waals surface area (Å²) in [6, 6.07) is 6.14. The number of rotatable bonds is 7. The van der Waals surface area contributed by atoms with E-state index in [1.54, 1.807) is 36.4 Å². The van der Waals surface area contributed by atoms with E-state index < -0.39 is 24.0 Å². The maximum Gasteiger partial charge on any atom is 0.417 e. The Morgan fingerprint density at radius 3 is 2.76 bits per heavy atom. The van der Waals surface area contributed by atoms with Crippen LogP contribution in [0.5, 0.6) is 0 Å². The number of carbonyl (C=O) groups is 1. The summed E-state index contributed by atoms with van der Waals surface area (Å²) in [5, 5.41) is 6.84. The number of hydrogen-bond donors (Lipinski definition) is 2. The molecule has 1 unspecified atom stereocenters. The number of nitrogens with one attached hydrogen (secondary N) is 2. The maximum atomic E-state index is 14.7. The third kappa shape index (κ3) is 5.22. The number of pyridine rings is 1. The number of fused-ring (bicyclic) bond motifs is 1. The Labute approximate surface area is 212 Å². The number of benzene rings is 1. The average molecular weight is 519 g/mol. The van der Waals surface area contributed by atoms with Crippen molar-refractivity contribution < 1.29 is 27.1 Å². The molecule has 3 fully saturated rings. The van der Waals surface area contributed by atoms with Crippen molar-refractivity contribution in [2.45, 2.75) is 31.2 Å². The topological polar surface area (TPSA) is 66.5 Å². The van der Waals surface area contributed by atoms with E-state index in [-0.39, 0.29) is 47.1 Å². The summed E-state index contributed by atoms with van der Waals surface area (Å²) in [6.45, 7) is 5.72. The molecule has 37 heavy (non-hydrogen) atoms. The fourth-order valence-electron chi connectivity index (χ4n) is 5.16. The minimum absolute atomic E-state index is 0.0102. The van der Waals surface area contributed by atoms with Crippen molar-refractivity contribution in [1.82, 2.24) is 15.2 Å². The van der Waals surface area contributed by atoms with Crippen LogP contribution in [0.1, 0.15) is 24.2 Å². The number of carbonyl (C=O) groups excluding carboxylic acids is 1. The summed E-state index contributed by atoms with van der Waals surface area (Å²) in [4.78, 5) is 18.5. The van der Waals surface area contributed by atoms with Gasteiger partial charge in [-0.2, -0.15) is 13.2 Å². The first-order valence-corrected chi connectivity index (χ1v) is 12.4. The molecule has 2 saturated heterocycles. The SMILES string of the molecule is C=C(c1nc(/C=C/CNC(=O)C2CC23COC3)cc2c(N[C@@H]3CCN(C)C[C@@H]3F)cccc12)C(F)(F)F. The summed E-state index contributed by atoms with van der Waals surface area (Å²) in [5.41, 5.74) is -0.494. The van der Waals surface area contributed by atoms with Gasteiger partial charge in [-0.15, -0.1) is 0 Å². The first-order chi connectivity index (χ1) is 17.6. The van der Waals surface area contributed by atoms with E-state index in [1.807, 2.05) is 11.9 Å². The van der Waals surface area contributed by atoms with Crippen molar-refractivity contribution in [2.75, 3.05) is 45.2 Å². The Bertz CT molecular complexity index is 1240. The van der Waals surface area contributed by atoms with Gasteiger partial charge in [0, 0.05) is 47.4 Å². The molecule has 3 heterocycles. The van der Waals surface area contributed by atoms with E-state index in [1.165, 1.54) is 0 Å². The van der Waals surface area contributed by atoms with Crippen LogP contribution in [0.2, 0.25) is 0 Å². The molecule has 1 aromatic carbocycles. The fourth-order valence-corrected chi connectivity index (χ4v) is 5.16. The van der Waals surface area contributed by atoms with Crippen molar-refractivity contribution in [3.8, 4) is 0 Å². The highest BCUT2D eigenvalue weighted by Gasteiger charge is 2.62. The first kappa shape index (κ1) is 25.7. The molecule has 0 bridgehead atoms. The Hall–Kier alpha value is -2.98. The zero-order valence-corrected chi connectivity index (χ0v) is 20.6. The van der Waals surface area contributed by atoms with E-state index in [0.717, 1.165) is 13.0 Å². The summed E-state index contributed by atoms with van der Waals surface area (Å²) >= 11 is 0.